The zero-order chi connectivity index (χ0) is 19.0. The van der Waals surface area contributed by atoms with Gasteiger partial charge in [-0.1, -0.05) is 6.07 Å². The zero-order valence-corrected chi connectivity index (χ0v) is 14.9. The molecule has 26 heavy (non-hydrogen) atoms. The highest BCUT2D eigenvalue weighted by Gasteiger charge is 2.13. The van der Waals surface area contributed by atoms with E-state index < -0.39 is 21.7 Å². The topological polar surface area (TPSA) is 93.7 Å². The SMILES string of the molecule is COCCNS(=O)(=O)c1ccc(OCC(=O)Nc2cccc(F)c2)cc1. The quantitative estimate of drug-likeness (QED) is 0.645. The van der Waals surface area contributed by atoms with E-state index in [1.165, 1.54) is 49.6 Å². The lowest BCUT2D eigenvalue weighted by molar-refractivity contribution is -0.118. The first-order valence-electron chi connectivity index (χ1n) is 7.67. The maximum absolute atomic E-state index is 13.1. The molecular formula is C17H19FN2O5S. The number of amides is 1. The maximum atomic E-state index is 13.1. The first-order valence-corrected chi connectivity index (χ1v) is 9.16. The van der Waals surface area contributed by atoms with Crippen molar-refractivity contribution in [3.8, 4) is 5.75 Å². The number of ether oxygens (including phenoxy) is 2. The van der Waals surface area contributed by atoms with E-state index in [9.17, 15) is 17.6 Å². The summed E-state index contributed by atoms with van der Waals surface area (Å²) in [5.41, 5.74) is 0.321. The van der Waals surface area contributed by atoms with Crippen molar-refractivity contribution in [1.82, 2.24) is 4.72 Å². The van der Waals surface area contributed by atoms with Crippen LogP contribution in [0.1, 0.15) is 0 Å². The smallest absolute Gasteiger partial charge is 0.262 e. The van der Waals surface area contributed by atoms with Crippen LogP contribution in [0.15, 0.2) is 53.4 Å². The van der Waals surface area contributed by atoms with E-state index in [2.05, 4.69) is 10.0 Å². The van der Waals surface area contributed by atoms with Gasteiger partial charge in [0, 0.05) is 19.3 Å². The Morgan fingerprint density at radius 1 is 1.15 bits per heavy atom. The van der Waals surface area contributed by atoms with Crippen molar-refractivity contribution in [3.05, 3.63) is 54.3 Å². The van der Waals surface area contributed by atoms with E-state index in [4.69, 9.17) is 9.47 Å². The Morgan fingerprint density at radius 3 is 2.54 bits per heavy atom. The summed E-state index contributed by atoms with van der Waals surface area (Å²) >= 11 is 0. The average Bonchev–Trinajstić information content (AvgIpc) is 2.60. The van der Waals surface area contributed by atoms with Crippen LogP contribution in [0.2, 0.25) is 0 Å². The first-order chi connectivity index (χ1) is 12.4. The van der Waals surface area contributed by atoms with E-state index in [0.717, 1.165) is 0 Å². The normalized spacial score (nSPS) is 11.2. The number of halogens is 1. The standard InChI is InChI=1S/C17H19FN2O5S/c1-24-10-9-19-26(22,23)16-7-5-15(6-8-16)25-12-17(21)20-14-4-2-3-13(18)11-14/h2-8,11,19H,9-10,12H2,1H3,(H,20,21). The van der Waals surface area contributed by atoms with Gasteiger partial charge in [-0.2, -0.15) is 0 Å². The molecule has 0 aliphatic heterocycles. The molecule has 0 aliphatic rings. The second-order valence-electron chi connectivity index (χ2n) is 5.21. The van der Waals surface area contributed by atoms with Gasteiger partial charge in [0.05, 0.1) is 11.5 Å². The fourth-order valence-electron chi connectivity index (χ4n) is 1.99. The van der Waals surface area contributed by atoms with Crippen LogP contribution in [0.25, 0.3) is 0 Å². The summed E-state index contributed by atoms with van der Waals surface area (Å²) in [6, 6.07) is 11.1. The Labute approximate surface area is 151 Å². The second kappa shape index (κ2) is 9.27. The fourth-order valence-corrected chi connectivity index (χ4v) is 3.00. The molecule has 140 valence electrons. The van der Waals surface area contributed by atoms with Crippen LogP contribution >= 0.6 is 0 Å². The Hall–Kier alpha value is -2.49. The third-order valence-electron chi connectivity index (χ3n) is 3.21. The fraction of sp³-hybridized carbons (Fsp3) is 0.235. The number of anilines is 1. The van der Waals surface area contributed by atoms with Gasteiger partial charge in [0.25, 0.3) is 5.91 Å². The van der Waals surface area contributed by atoms with Crippen LogP contribution in [0.3, 0.4) is 0 Å². The van der Waals surface area contributed by atoms with Crippen molar-refractivity contribution in [2.45, 2.75) is 4.90 Å². The lowest BCUT2D eigenvalue weighted by Crippen LogP contribution is -2.27. The van der Waals surface area contributed by atoms with Gasteiger partial charge in [-0.3, -0.25) is 4.79 Å². The van der Waals surface area contributed by atoms with Crippen LogP contribution < -0.4 is 14.8 Å². The van der Waals surface area contributed by atoms with E-state index in [1.54, 1.807) is 6.07 Å². The third-order valence-corrected chi connectivity index (χ3v) is 4.69. The molecule has 0 bridgehead atoms. The number of carbonyl (C=O) groups is 1. The summed E-state index contributed by atoms with van der Waals surface area (Å²) in [6.45, 7) is 0.132. The molecule has 0 unspecified atom stereocenters. The van der Waals surface area contributed by atoms with Gasteiger partial charge in [0.15, 0.2) is 6.61 Å². The minimum absolute atomic E-state index is 0.0742. The largest absolute Gasteiger partial charge is 0.484 e. The van der Waals surface area contributed by atoms with Crippen molar-refractivity contribution in [2.24, 2.45) is 0 Å². The summed E-state index contributed by atoms with van der Waals surface area (Å²) < 4.78 is 49.6. The van der Waals surface area contributed by atoms with Crippen molar-refractivity contribution in [2.75, 3.05) is 32.2 Å². The van der Waals surface area contributed by atoms with Crippen molar-refractivity contribution < 1.29 is 27.1 Å². The van der Waals surface area contributed by atoms with Crippen LogP contribution in [0, 0.1) is 5.82 Å². The predicted octanol–water partition coefficient (Wildman–Crippen LogP) is 1.77. The van der Waals surface area contributed by atoms with Gasteiger partial charge in [0.1, 0.15) is 11.6 Å². The van der Waals surface area contributed by atoms with Gasteiger partial charge in [-0.15, -0.1) is 0 Å². The molecule has 0 spiro atoms. The number of hydrogen-bond donors (Lipinski definition) is 2. The Balaban J connectivity index is 1.88. The Morgan fingerprint density at radius 2 is 1.88 bits per heavy atom. The zero-order valence-electron chi connectivity index (χ0n) is 14.1. The Kier molecular flexibility index (Phi) is 7.07. The highest BCUT2D eigenvalue weighted by Crippen LogP contribution is 2.16. The van der Waals surface area contributed by atoms with E-state index in [1.807, 2.05) is 0 Å². The van der Waals surface area contributed by atoms with Crippen LogP contribution in [0.5, 0.6) is 5.75 Å². The summed E-state index contributed by atoms with van der Waals surface area (Å²) in [5.74, 6) is -0.594. The van der Waals surface area contributed by atoms with E-state index >= 15 is 0 Å². The van der Waals surface area contributed by atoms with Crippen LogP contribution in [0.4, 0.5) is 10.1 Å². The van der Waals surface area contributed by atoms with Crippen LogP contribution in [-0.4, -0.2) is 41.2 Å². The lowest BCUT2D eigenvalue weighted by Gasteiger charge is -2.09. The molecule has 1 amide bonds. The molecule has 0 saturated heterocycles. The molecule has 0 radical (unpaired) electrons. The number of nitrogens with one attached hydrogen (secondary N) is 2. The molecule has 0 aromatic heterocycles. The average molecular weight is 382 g/mol. The number of carbonyl (C=O) groups excluding carboxylic acids is 1. The predicted molar refractivity (Wildman–Crippen MR) is 94.0 cm³/mol. The number of methoxy groups -OCH3 is 1. The van der Waals surface area contributed by atoms with Crippen molar-refractivity contribution >= 4 is 21.6 Å². The van der Waals surface area contributed by atoms with Crippen LogP contribution in [-0.2, 0) is 19.6 Å². The first kappa shape index (κ1) is 19.8. The highest BCUT2D eigenvalue weighted by molar-refractivity contribution is 7.89. The monoisotopic (exact) mass is 382 g/mol. The van der Waals surface area contributed by atoms with Crippen molar-refractivity contribution in [1.29, 1.82) is 0 Å². The summed E-state index contributed by atoms with van der Waals surface area (Å²) in [5, 5.41) is 2.50. The minimum atomic E-state index is -3.63. The molecule has 0 fully saturated rings. The lowest BCUT2D eigenvalue weighted by atomic mass is 10.3. The molecule has 2 rings (SSSR count). The second-order valence-corrected chi connectivity index (χ2v) is 6.98. The highest BCUT2D eigenvalue weighted by atomic mass is 32.2. The molecule has 0 atom stereocenters. The van der Waals surface area contributed by atoms with Crippen molar-refractivity contribution in [3.63, 3.8) is 0 Å². The summed E-state index contributed by atoms with van der Waals surface area (Å²) in [7, 11) is -2.15. The molecule has 0 heterocycles. The van der Waals surface area contributed by atoms with Gasteiger partial charge in [-0.05, 0) is 42.5 Å². The van der Waals surface area contributed by atoms with Gasteiger partial charge in [0.2, 0.25) is 10.0 Å². The number of benzene rings is 2. The molecule has 2 aromatic carbocycles. The van der Waals surface area contributed by atoms with E-state index in [-0.39, 0.29) is 24.7 Å². The minimum Gasteiger partial charge on any atom is -0.484 e. The molecule has 0 aliphatic carbocycles. The third kappa shape index (κ3) is 6.10. The molecule has 0 saturated carbocycles. The molecule has 2 N–H and O–H groups in total. The number of sulfonamides is 1. The Bertz CT molecular complexity index is 840. The molecule has 2 aromatic rings. The van der Waals surface area contributed by atoms with E-state index in [0.29, 0.717) is 11.4 Å². The summed E-state index contributed by atoms with van der Waals surface area (Å²) in [4.78, 5) is 11.9. The number of hydrogen-bond acceptors (Lipinski definition) is 5. The molecular weight excluding hydrogens is 363 g/mol. The number of rotatable bonds is 9. The molecule has 9 heteroatoms. The molecule has 7 nitrogen and oxygen atoms in total. The van der Waals surface area contributed by atoms with Gasteiger partial charge >= 0.3 is 0 Å². The van der Waals surface area contributed by atoms with Gasteiger partial charge in [-0.25, -0.2) is 17.5 Å². The maximum Gasteiger partial charge on any atom is 0.262 e. The summed E-state index contributed by atoms with van der Waals surface area (Å²) in [6.07, 6.45) is 0. The van der Waals surface area contributed by atoms with Gasteiger partial charge < -0.3 is 14.8 Å².